The van der Waals surface area contributed by atoms with E-state index in [-0.39, 0.29) is 0 Å². The molecule has 0 N–H and O–H groups in total. The van der Waals surface area contributed by atoms with Crippen LogP contribution < -0.4 is 9.47 Å². The molecule has 0 bridgehead atoms. The van der Waals surface area contributed by atoms with Gasteiger partial charge < -0.3 is 9.47 Å². The molecular weight excluding hydrogens is 164 g/mol. The minimum absolute atomic E-state index is 0.671. The van der Waals surface area contributed by atoms with Gasteiger partial charge >= 0.3 is 0 Å². The fraction of sp³-hybridized carbons (Fsp3) is 0.273. The van der Waals surface area contributed by atoms with E-state index in [0.717, 1.165) is 16.9 Å². The summed E-state index contributed by atoms with van der Waals surface area (Å²) >= 11 is 0. The van der Waals surface area contributed by atoms with Crippen molar-refractivity contribution in [1.82, 2.24) is 0 Å². The maximum atomic E-state index is 5.32. The van der Waals surface area contributed by atoms with Gasteiger partial charge in [-0.25, -0.2) is 0 Å². The molecule has 0 fully saturated rings. The normalized spacial score (nSPS) is 9.08. The van der Waals surface area contributed by atoms with E-state index in [1.54, 1.807) is 20.3 Å². The van der Waals surface area contributed by atoms with Gasteiger partial charge in [0.05, 0.1) is 19.8 Å². The molecule has 0 radical (unpaired) electrons. The van der Waals surface area contributed by atoms with Crippen LogP contribution in [0.3, 0.4) is 0 Å². The topological polar surface area (TPSA) is 18.5 Å². The van der Waals surface area contributed by atoms with E-state index in [9.17, 15) is 0 Å². The smallest absolute Gasteiger partial charge is 0.138 e. The summed E-state index contributed by atoms with van der Waals surface area (Å²) in [5.74, 6) is 4.02. The average Bonchev–Trinajstić information content (AvgIpc) is 2.17. The van der Waals surface area contributed by atoms with Gasteiger partial charge in [-0.2, -0.15) is 0 Å². The molecule has 2 heteroatoms. The van der Waals surface area contributed by atoms with Crippen LogP contribution in [0.1, 0.15) is 11.1 Å². The van der Waals surface area contributed by atoms with Gasteiger partial charge in [0.25, 0.3) is 0 Å². The SMILES string of the molecule is C#Cc1cc(C)c(OC)cc1OC. The molecule has 0 aliphatic carbocycles. The highest BCUT2D eigenvalue weighted by Gasteiger charge is 2.05. The average molecular weight is 176 g/mol. The Kier molecular flexibility index (Phi) is 2.81. The van der Waals surface area contributed by atoms with Crippen LogP contribution in [-0.4, -0.2) is 14.2 Å². The van der Waals surface area contributed by atoms with Crippen molar-refractivity contribution >= 4 is 0 Å². The van der Waals surface area contributed by atoms with Crippen molar-refractivity contribution in [2.75, 3.05) is 14.2 Å². The lowest BCUT2D eigenvalue weighted by molar-refractivity contribution is 0.391. The fourth-order valence-electron chi connectivity index (χ4n) is 1.17. The summed E-state index contributed by atoms with van der Waals surface area (Å²) in [5.41, 5.74) is 1.76. The number of rotatable bonds is 2. The van der Waals surface area contributed by atoms with E-state index in [1.165, 1.54) is 0 Å². The van der Waals surface area contributed by atoms with Crippen LogP contribution in [0.5, 0.6) is 11.5 Å². The first-order valence-electron chi connectivity index (χ1n) is 3.92. The van der Waals surface area contributed by atoms with Crippen molar-refractivity contribution in [1.29, 1.82) is 0 Å². The molecule has 1 rings (SSSR count). The summed E-state index contributed by atoms with van der Waals surface area (Å²) in [7, 11) is 3.21. The third-order valence-electron chi connectivity index (χ3n) is 1.87. The van der Waals surface area contributed by atoms with Crippen molar-refractivity contribution in [3.63, 3.8) is 0 Å². The highest BCUT2D eigenvalue weighted by Crippen LogP contribution is 2.27. The number of aryl methyl sites for hydroxylation is 1. The molecule has 68 valence electrons. The monoisotopic (exact) mass is 176 g/mol. The second-order valence-corrected chi connectivity index (χ2v) is 2.67. The number of terminal acetylenes is 1. The first-order chi connectivity index (χ1) is 6.22. The Morgan fingerprint density at radius 1 is 1.15 bits per heavy atom. The van der Waals surface area contributed by atoms with Gasteiger partial charge in [-0.15, -0.1) is 6.42 Å². The van der Waals surface area contributed by atoms with E-state index in [4.69, 9.17) is 15.9 Å². The van der Waals surface area contributed by atoms with Gasteiger partial charge in [0.1, 0.15) is 11.5 Å². The first kappa shape index (κ1) is 9.47. The van der Waals surface area contributed by atoms with Crippen LogP contribution in [0.25, 0.3) is 0 Å². The molecule has 0 aromatic heterocycles. The van der Waals surface area contributed by atoms with Crippen LogP contribution in [-0.2, 0) is 0 Å². The molecule has 0 spiro atoms. The van der Waals surface area contributed by atoms with Gasteiger partial charge in [-0.05, 0) is 18.6 Å². The summed E-state index contributed by atoms with van der Waals surface area (Å²) in [6, 6.07) is 3.67. The molecule has 13 heavy (non-hydrogen) atoms. The van der Waals surface area contributed by atoms with Crippen LogP contribution >= 0.6 is 0 Å². The molecule has 0 aliphatic heterocycles. The molecule has 1 aromatic rings. The molecule has 0 unspecified atom stereocenters. The number of methoxy groups -OCH3 is 2. The molecule has 0 saturated carbocycles. The minimum Gasteiger partial charge on any atom is -0.496 e. The Bertz CT molecular complexity index is 348. The van der Waals surface area contributed by atoms with E-state index in [1.807, 2.05) is 13.0 Å². The van der Waals surface area contributed by atoms with E-state index < -0.39 is 0 Å². The number of ether oxygens (including phenoxy) is 2. The predicted octanol–water partition coefficient (Wildman–Crippen LogP) is 1.99. The van der Waals surface area contributed by atoms with Crippen LogP contribution in [0.4, 0.5) is 0 Å². The van der Waals surface area contributed by atoms with Crippen molar-refractivity contribution in [2.24, 2.45) is 0 Å². The lowest BCUT2D eigenvalue weighted by atomic mass is 10.1. The quantitative estimate of drug-likeness (QED) is 0.641. The number of benzene rings is 1. The number of hydrogen-bond donors (Lipinski definition) is 0. The standard InChI is InChI=1S/C11H12O2/c1-5-9-6-8(2)10(12-3)7-11(9)13-4/h1,6-7H,2-4H3. The fourth-order valence-corrected chi connectivity index (χ4v) is 1.17. The Balaban J connectivity index is 3.28. The highest BCUT2D eigenvalue weighted by atomic mass is 16.5. The molecule has 0 atom stereocenters. The van der Waals surface area contributed by atoms with Crippen LogP contribution in [0.15, 0.2) is 12.1 Å². The number of hydrogen-bond acceptors (Lipinski definition) is 2. The van der Waals surface area contributed by atoms with Crippen molar-refractivity contribution < 1.29 is 9.47 Å². The van der Waals surface area contributed by atoms with E-state index >= 15 is 0 Å². The maximum absolute atomic E-state index is 5.32. The van der Waals surface area contributed by atoms with E-state index in [2.05, 4.69) is 5.92 Å². The van der Waals surface area contributed by atoms with Crippen LogP contribution in [0, 0.1) is 19.3 Å². The highest BCUT2D eigenvalue weighted by molar-refractivity contribution is 5.52. The van der Waals surface area contributed by atoms with Crippen molar-refractivity contribution in [2.45, 2.75) is 6.92 Å². The molecule has 0 aliphatic rings. The second-order valence-electron chi connectivity index (χ2n) is 2.67. The lowest BCUT2D eigenvalue weighted by Crippen LogP contribution is -1.93. The molecule has 2 nitrogen and oxygen atoms in total. The third kappa shape index (κ3) is 1.75. The van der Waals surface area contributed by atoms with Gasteiger partial charge in [0.2, 0.25) is 0 Å². The Morgan fingerprint density at radius 2 is 1.77 bits per heavy atom. The van der Waals surface area contributed by atoms with Gasteiger partial charge in [0, 0.05) is 6.07 Å². The van der Waals surface area contributed by atoms with Gasteiger partial charge in [-0.3, -0.25) is 0 Å². The molecule has 0 saturated heterocycles. The largest absolute Gasteiger partial charge is 0.496 e. The maximum Gasteiger partial charge on any atom is 0.138 e. The van der Waals surface area contributed by atoms with Crippen molar-refractivity contribution in [3.05, 3.63) is 23.3 Å². The Morgan fingerprint density at radius 3 is 2.23 bits per heavy atom. The molecule has 1 aromatic carbocycles. The third-order valence-corrected chi connectivity index (χ3v) is 1.87. The molecule has 0 amide bonds. The molecular formula is C11H12O2. The minimum atomic E-state index is 0.671. The Labute approximate surface area is 78.5 Å². The van der Waals surface area contributed by atoms with Crippen LogP contribution in [0.2, 0.25) is 0 Å². The first-order valence-corrected chi connectivity index (χ1v) is 3.92. The second kappa shape index (κ2) is 3.86. The van der Waals surface area contributed by atoms with E-state index in [0.29, 0.717) is 5.75 Å². The Hall–Kier alpha value is -1.62. The lowest BCUT2D eigenvalue weighted by Gasteiger charge is -2.09. The summed E-state index contributed by atoms with van der Waals surface area (Å²) in [6.07, 6.45) is 5.32. The zero-order valence-electron chi connectivity index (χ0n) is 8.05. The molecule has 0 heterocycles. The predicted molar refractivity (Wildman–Crippen MR) is 52.2 cm³/mol. The summed E-state index contributed by atoms with van der Waals surface area (Å²) in [6.45, 7) is 1.94. The summed E-state index contributed by atoms with van der Waals surface area (Å²) < 4.78 is 10.2. The van der Waals surface area contributed by atoms with Gasteiger partial charge in [0.15, 0.2) is 0 Å². The summed E-state index contributed by atoms with van der Waals surface area (Å²) in [5, 5.41) is 0. The summed E-state index contributed by atoms with van der Waals surface area (Å²) in [4.78, 5) is 0. The zero-order valence-corrected chi connectivity index (χ0v) is 8.05. The van der Waals surface area contributed by atoms with Crippen molar-refractivity contribution in [3.8, 4) is 23.8 Å². The van der Waals surface area contributed by atoms with Gasteiger partial charge in [-0.1, -0.05) is 5.92 Å². The zero-order chi connectivity index (χ0) is 9.84.